The fourth-order valence-corrected chi connectivity index (χ4v) is 4.03. The molecule has 0 bridgehead atoms. The van der Waals surface area contributed by atoms with E-state index >= 15 is 0 Å². The van der Waals surface area contributed by atoms with Gasteiger partial charge in [0.05, 0.1) is 0 Å². The lowest BCUT2D eigenvalue weighted by Crippen LogP contribution is -2.51. The number of carbonyl (C=O) groups is 3. The SMILES string of the molecule is CNC(=O)C(Cc1ccc(O)cc1)NC(=O)C1O[C@@H]1C(=O)N1CCN(c2ccc(O)cc2)CC1. The van der Waals surface area contributed by atoms with E-state index < -0.39 is 24.2 Å². The highest BCUT2D eigenvalue weighted by Gasteiger charge is 2.52. The van der Waals surface area contributed by atoms with Crippen LogP contribution in [-0.4, -0.2) is 84.3 Å². The van der Waals surface area contributed by atoms with Gasteiger partial charge in [-0.3, -0.25) is 14.4 Å². The van der Waals surface area contributed by atoms with E-state index in [0.717, 1.165) is 11.3 Å². The summed E-state index contributed by atoms with van der Waals surface area (Å²) >= 11 is 0. The molecule has 0 aromatic heterocycles. The van der Waals surface area contributed by atoms with Crippen molar-refractivity contribution in [2.75, 3.05) is 38.1 Å². The van der Waals surface area contributed by atoms with Gasteiger partial charge < -0.3 is 35.4 Å². The molecule has 0 radical (unpaired) electrons. The van der Waals surface area contributed by atoms with Crippen LogP contribution in [0.25, 0.3) is 0 Å². The zero-order chi connectivity index (χ0) is 24.2. The Hall–Kier alpha value is -3.79. The minimum atomic E-state index is -0.922. The van der Waals surface area contributed by atoms with Crippen LogP contribution in [0.1, 0.15) is 5.56 Å². The third-order valence-electron chi connectivity index (χ3n) is 6.06. The van der Waals surface area contributed by atoms with E-state index in [0.29, 0.717) is 26.2 Å². The molecule has 2 fully saturated rings. The first-order chi connectivity index (χ1) is 16.4. The molecule has 3 atom stereocenters. The third-order valence-corrected chi connectivity index (χ3v) is 6.06. The van der Waals surface area contributed by atoms with Gasteiger partial charge in [-0.2, -0.15) is 0 Å². The fraction of sp³-hybridized carbons (Fsp3) is 0.375. The smallest absolute Gasteiger partial charge is 0.255 e. The molecular formula is C24H28N4O6. The predicted octanol–water partition coefficient (Wildman–Crippen LogP) is -0.0127. The second-order valence-corrected chi connectivity index (χ2v) is 8.35. The Morgan fingerprint density at radius 2 is 1.53 bits per heavy atom. The fourth-order valence-electron chi connectivity index (χ4n) is 4.03. The minimum absolute atomic E-state index is 0.112. The van der Waals surface area contributed by atoms with E-state index in [-0.39, 0.29) is 29.7 Å². The summed E-state index contributed by atoms with van der Waals surface area (Å²) in [6, 6.07) is 12.5. The van der Waals surface area contributed by atoms with Crippen molar-refractivity contribution in [3.8, 4) is 11.5 Å². The topological polar surface area (TPSA) is 135 Å². The maximum Gasteiger partial charge on any atom is 0.255 e. The molecule has 0 saturated carbocycles. The van der Waals surface area contributed by atoms with Gasteiger partial charge in [0.15, 0.2) is 12.2 Å². The van der Waals surface area contributed by atoms with Crippen molar-refractivity contribution in [1.29, 1.82) is 0 Å². The highest BCUT2D eigenvalue weighted by Crippen LogP contribution is 2.26. The number of phenolic OH excluding ortho intramolecular Hbond substituents is 2. The summed E-state index contributed by atoms with van der Waals surface area (Å²) < 4.78 is 5.39. The maximum absolute atomic E-state index is 12.8. The normalized spacial score (nSPS) is 20.4. The molecule has 10 nitrogen and oxygen atoms in total. The number of amides is 3. The monoisotopic (exact) mass is 468 g/mol. The van der Waals surface area contributed by atoms with Gasteiger partial charge in [-0.25, -0.2) is 0 Å². The Labute approximate surface area is 197 Å². The molecule has 2 saturated heterocycles. The van der Waals surface area contributed by atoms with Gasteiger partial charge in [-0.15, -0.1) is 0 Å². The first kappa shape index (κ1) is 23.4. The number of nitrogens with zero attached hydrogens (tertiary/aromatic N) is 2. The molecule has 4 N–H and O–H groups in total. The van der Waals surface area contributed by atoms with E-state index in [9.17, 15) is 24.6 Å². The number of aromatic hydroxyl groups is 2. The molecular weight excluding hydrogens is 440 g/mol. The van der Waals surface area contributed by atoms with Gasteiger partial charge >= 0.3 is 0 Å². The predicted molar refractivity (Wildman–Crippen MR) is 123 cm³/mol. The van der Waals surface area contributed by atoms with Crippen molar-refractivity contribution in [1.82, 2.24) is 15.5 Å². The molecule has 2 heterocycles. The molecule has 10 heteroatoms. The highest BCUT2D eigenvalue weighted by molar-refractivity contribution is 5.97. The number of hydrogen-bond donors (Lipinski definition) is 4. The lowest BCUT2D eigenvalue weighted by molar-refractivity contribution is -0.133. The summed E-state index contributed by atoms with van der Waals surface area (Å²) in [5.41, 5.74) is 1.74. The average molecular weight is 469 g/mol. The summed E-state index contributed by atoms with van der Waals surface area (Å²) in [6.45, 7) is 2.25. The number of anilines is 1. The Morgan fingerprint density at radius 3 is 2.12 bits per heavy atom. The molecule has 180 valence electrons. The summed E-state index contributed by atoms with van der Waals surface area (Å²) in [6.07, 6.45) is -1.54. The number of epoxide rings is 1. The van der Waals surface area contributed by atoms with Crippen LogP contribution in [0, 0.1) is 0 Å². The van der Waals surface area contributed by atoms with Gasteiger partial charge in [0.1, 0.15) is 17.5 Å². The zero-order valence-electron chi connectivity index (χ0n) is 18.8. The van der Waals surface area contributed by atoms with Gasteiger partial charge in [0.25, 0.3) is 11.8 Å². The number of likely N-dealkylation sites (N-methyl/N-ethyl adjacent to an activating group) is 1. The van der Waals surface area contributed by atoms with Gasteiger partial charge in [-0.1, -0.05) is 12.1 Å². The molecule has 0 spiro atoms. The number of piperazine rings is 1. The van der Waals surface area contributed by atoms with E-state index in [1.54, 1.807) is 29.2 Å². The third kappa shape index (κ3) is 5.40. The van der Waals surface area contributed by atoms with E-state index in [1.807, 2.05) is 12.1 Å². The molecule has 2 aliphatic heterocycles. The van der Waals surface area contributed by atoms with Crippen molar-refractivity contribution in [3.05, 3.63) is 54.1 Å². The van der Waals surface area contributed by atoms with Crippen molar-refractivity contribution in [3.63, 3.8) is 0 Å². The quantitative estimate of drug-likeness (QED) is 0.420. The lowest BCUT2D eigenvalue weighted by Gasteiger charge is -2.36. The lowest BCUT2D eigenvalue weighted by atomic mass is 10.0. The number of phenols is 2. The van der Waals surface area contributed by atoms with Crippen LogP contribution in [0.3, 0.4) is 0 Å². The Balaban J connectivity index is 1.29. The van der Waals surface area contributed by atoms with Gasteiger partial charge in [0.2, 0.25) is 5.91 Å². The summed E-state index contributed by atoms with van der Waals surface area (Å²) in [7, 11) is 1.48. The van der Waals surface area contributed by atoms with Gasteiger partial charge in [-0.05, 0) is 42.0 Å². The van der Waals surface area contributed by atoms with Crippen LogP contribution in [0.4, 0.5) is 5.69 Å². The number of nitrogens with one attached hydrogen (secondary N) is 2. The van der Waals surface area contributed by atoms with E-state index in [4.69, 9.17) is 4.74 Å². The van der Waals surface area contributed by atoms with Crippen LogP contribution in [0.2, 0.25) is 0 Å². The van der Waals surface area contributed by atoms with Crippen molar-refractivity contribution >= 4 is 23.4 Å². The molecule has 3 amide bonds. The highest BCUT2D eigenvalue weighted by atomic mass is 16.6. The first-order valence-electron chi connectivity index (χ1n) is 11.1. The molecule has 2 aliphatic rings. The van der Waals surface area contributed by atoms with Crippen molar-refractivity contribution in [2.24, 2.45) is 0 Å². The van der Waals surface area contributed by atoms with Crippen LogP contribution >= 0.6 is 0 Å². The summed E-state index contributed by atoms with van der Waals surface area (Å²) in [5.74, 6) is -0.792. The number of benzene rings is 2. The zero-order valence-corrected chi connectivity index (χ0v) is 18.8. The largest absolute Gasteiger partial charge is 0.508 e. The summed E-state index contributed by atoms with van der Waals surface area (Å²) in [5, 5.41) is 24.1. The molecule has 4 rings (SSSR count). The number of hydrogen-bond acceptors (Lipinski definition) is 7. The van der Waals surface area contributed by atoms with E-state index in [1.165, 1.54) is 19.2 Å². The maximum atomic E-state index is 12.8. The van der Waals surface area contributed by atoms with Crippen LogP contribution in [0.5, 0.6) is 11.5 Å². The average Bonchev–Trinajstić information content (AvgIpc) is 3.66. The second-order valence-electron chi connectivity index (χ2n) is 8.35. The van der Waals surface area contributed by atoms with Crippen LogP contribution in [0.15, 0.2) is 48.5 Å². The standard InChI is InChI=1S/C24H28N4O6/c1-25-22(31)19(14-15-2-6-17(29)7-3-15)26-23(32)20-21(34-20)24(33)28-12-10-27(11-13-28)16-4-8-18(30)9-5-16/h2-9,19-21,29-30H,10-14H2,1H3,(H,25,31)(H,26,32)/t19?,20?,21-/m0/s1. The van der Waals surface area contributed by atoms with E-state index in [2.05, 4.69) is 15.5 Å². The number of carbonyl (C=O) groups excluding carboxylic acids is 3. The molecule has 0 aliphatic carbocycles. The summed E-state index contributed by atoms with van der Waals surface area (Å²) in [4.78, 5) is 41.6. The van der Waals surface area contributed by atoms with Crippen LogP contribution in [-0.2, 0) is 25.5 Å². The second kappa shape index (κ2) is 10.0. The molecule has 2 aromatic rings. The van der Waals surface area contributed by atoms with Crippen molar-refractivity contribution in [2.45, 2.75) is 24.7 Å². The number of rotatable bonds is 7. The molecule has 2 aromatic carbocycles. The first-order valence-corrected chi connectivity index (χ1v) is 11.1. The number of ether oxygens (including phenoxy) is 1. The Kier molecular flexibility index (Phi) is 6.87. The Morgan fingerprint density at radius 1 is 0.941 bits per heavy atom. The van der Waals surface area contributed by atoms with Gasteiger partial charge in [0, 0.05) is 45.3 Å². The van der Waals surface area contributed by atoms with Crippen LogP contribution < -0.4 is 15.5 Å². The Bertz CT molecular complexity index is 1030. The molecule has 34 heavy (non-hydrogen) atoms. The minimum Gasteiger partial charge on any atom is -0.508 e. The van der Waals surface area contributed by atoms with Crippen molar-refractivity contribution < 1.29 is 29.3 Å². The molecule has 2 unspecified atom stereocenters.